The zero-order valence-corrected chi connectivity index (χ0v) is 67.2. The van der Waals surface area contributed by atoms with E-state index in [4.69, 9.17) is 69.3 Å². The maximum atomic E-state index is 14.4. The van der Waals surface area contributed by atoms with Gasteiger partial charge in [-0.15, -0.1) is 0 Å². The largest absolute Gasteiger partial charge is 0.488 e. The molecule has 2 aromatic carbocycles. The Kier molecular flexibility index (Phi) is 27.3. The summed E-state index contributed by atoms with van der Waals surface area (Å²) in [6.07, 6.45) is 2.97. The predicted molar refractivity (Wildman–Crippen MR) is 397 cm³/mol. The van der Waals surface area contributed by atoms with E-state index in [1.165, 1.54) is 4.90 Å². The summed E-state index contributed by atoms with van der Waals surface area (Å²) in [6, 6.07) is 12.5. The number of aromatic nitrogens is 2. The van der Waals surface area contributed by atoms with Crippen LogP contribution in [0.2, 0.25) is 10.0 Å². The molecule has 0 radical (unpaired) electrons. The van der Waals surface area contributed by atoms with Crippen molar-refractivity contribution in [2.45, 2.75) is 247 Å². The molecule has 2 aromatic heterocycles. The van der Waals surface area contributed by atoms with Crippen LogP contribution in [0.4, 0.5) is 0 Å². The maximum Gasteiger partial charge on any atom is 0.452 e. The van der Waals surface area contributed by atoms with Gasteiger partial charge in [0.2, 0.25) is 23.6 Å². The van der Waals surface area contributed by atoms with Crippen LogP contribution in [0.3, 0.4) is 0 Å². The number of carbonyl (C=O) groups is 8. The molecule has 2 amide bonds. The number of likely N-dealkylation sites (tertiary alicyclic amines) is 1. The number of rotatable bonds is 32. The molecule has 4 aliphatic carbocycles. The van der Waals surface area contributed by atoms with Crippen LogP contribution in [0.5, 0.6) is 23.3 Å². The van der Waals surface area contributed by atoms with Crippen molar-refractivity contribution in [3.05, 3.63) is 58.6 Å². The molecule has 3 N–H and O–H groups in total. The molecule has 6 fully saturated rings. The van der Waals surface area contributed by atoms with Gasteiger partial charge in [0.1, 0.15) is 34.9 Å². The highest BCUT2D eigenvalue weighted by Gasteiger charge is 2.64. The van der Waals surface area contributed by atoms with Crippen molar-refractivity contribution in [3.63, 3.8) is 0 Å². The van der Waals surface area contributed by atoms with Crippen molar-refractivity contribution in [1.82, 2.24) is 24.9 Å². The fourth-order valence-electron chi connectivity index (χ4n) is 13.6. The third kappa shape index (κ3) is 22.8. The second-order valence-corrected chi connectivity index (χ2v) is 35.3. The highest BCUT2D eigenvalue weighted by Crippen LogP contribution is 2.60. The van der Waals surface area contributed by atoms with Crippen molar-refractivity contribution < 1.29 is 101 Å². The van der Waals surface area contributed by atoms with Gasteiger partial charge in [0, 0.05) is 55.1 Å². The van der Waals surface area contributed by atoms with E-state index in [9.17, 15) is 55.2 Å². The number of carboxylic acid groups (broad SMARTS) is 1. The molecule has 4 heterocycles. The monoisotopic (exact) mass is 1570 g/mol. The summed E-state index contributed by atoms with van der Waals surface area (Å²) in [4.78, 5) is 114. The third-order valence-electron chi connectivity index (χ3n) is 20.1. The summed E-state index contributed by atoms with van der Waals surface area (Å²) >= 11 is 12.9. The normalized spacial score (nSPS) is 23.8. The first-order valence-electron chi connectivity index (χ1n) is 36.8. The van der Waals surface area contributed by atoms with Crippen molar-refractivity contribution in [2.24, 2.45) is 46.3 Å². The Hall–Kier alpha value is -7.02. The number of aliphatic carboxylic acids is 1. The SMILES string of the molecule is CC(C)[C@H](CC(=O)OC(C)(C)C)C(=O)O.CCOc1cc(O[C@@H]2C[C@@H](C(=O)C[C@]3(C(=O)NS(=O)(=O)OC4(C)CC4)C[C@H]3CC)N(C(=O)[C@@H](CC(=O)OC(C)(C)C)C(C)C)C2)c2cccc(Cl)c2n1.CCOc1cc(O[C@H]2CN[C@H](C(=O)C[C@]3(C(=O)OS(=O)(=O)OC4(C)CC4)C[C@H]3CC)C2)c2cccc(Cl)c2n1. The number of amides is 2. The molecule has 2 saturated heterocycles. The lowest BCUT2D eigenvalue weighted by atomic mass is 9.88. The first-order chi connectivity index (χ1) is 49.8. The summed E-state index contributed by atoms with van der Waals surface area (Å²) in [5, 5.41) is 14.3. The molecule has 6 aliphatic rings. The van der Waals surface area contributed by atoms with Gasteiger partial charge < -0.3 is 47.9 Å². The Morgan fingerprint density at radius 1 is 0.654 bits per heavy atom. The second kappa shape index (κ2) is 34.1. The van der Waals surface area contributed by atoms with Gasteiger partial charge in [-0.05, 0) is 156 Å². The van der Waals surface area contributed by atoms with Crippen LogP contribution in [0.25, 0.3) is 21.8 Å². The van der Waals surface area contributed by atoms with E-state index in [0.29, 0.717) is 127 Å². The van der Waals surface area contributed by atoms with Gasteiger partial charge in [0.15, 0.2) is 11.6 Å². The van der Waals surface area contributed by atoms with E-state index < -0.39 is 125 Å². The van der Waals surface area contributed by atoms with Crippen LogP contribution in [0, 0.1) is 46.3 Å². The van der Waals surface area contributed by atoms with E-state index >= 15 is 0 Å². The van der Waals surface area contributed by atoms with Crippen molar-refractivity contribution in [2.75, 3.05) is 26.3 Å². The van der Waals surface area contributed by atoms with Crippen LogP contribution in [-0.2, 0) is 81.1 Å². The fraction of sp³-hybridized carbons (Fsp3) is 0.658. The Bertz CT molecular complexity index is 4210. The number of Topliss-reactive ketones (excluding diaryl/α,β-unsaturated/α-hetero) is 2. The Morgan fingerprint density at radius 2 is 1.12 bits per heavy atom. The van der Waals surface area contributed by atoms with Crippen molar-refractivity contribution in [1.29, 1.82) is 0 Å². The van der Waals surface area contributed by atoms with Crippen LogP contribution in [0.15, 0.2) is 48.5 Å². The molecule has 2 aliphatic heterocycles. The number of fused-ring (bicyclic) bond motifs is 2. The minimum Gasteiger partial charge on any atom is -0.488 e. The molecular formula is C76H105Cl2N5O22S2. The molecule has 27 nitrogen and oxygen atoms in total. The van der Waals surface area contributed by atoms with E-state index in [2.05, 4.69) is 20.0 Å². The first-order valence-corrected chi connectivity index (χ1v) is 40.3. The molecule has 0 unspecified atom stereocenters. The molecular weight excluding hydrogens is 1470 g/mol. The van der Waals surface area contributed by atoms with Gasteiger partial charge in [-0.3, -0.25) is 38.4 Å². The van der Waals surface area contributed by atoms with Gasteiger partial charge in [-0.25, -0.2) is 23.1 Å². The number of nitrogens with zero attached hydrogens (tertiary/aromatic N) is 3. The average molecular weight is 1580 g/mol. The maximum absolute atomic E-state index is 14.4. The molecule has 107 heavy (non-hydrogen) atoms. The molecule has 4 aromatic rings. The van der Waals surface area contributed by atoms with Gasteiger partial charge in [0.05, 0.1) is 99.6 Å². The van der Waals surface area contributed by atoms with Crippen molar-refractivity contribution in [3.8, 4) is 23.3 Å². The summed E-state index contributed by atoms with van der Waals surface area (Å²) in [7, 11) is -8.91. The number of ketones is 2. The van der Waals surface area contributed by atoms with Gasteiger partial charge >= 0.3 is 44.6 Å². The number of hydrogen-bond acceptors (Lipinski definition) is 24. The first kappa shape index (κ1) is 85.6. The highest BCUT2D eigenvalue weighted by molar-refractivity contribution is 7.85. The standard InChI is InChI=1S/C38H52ClN3O10S.C27H33ClN2O8S.C11H20O4/c1-9-23-19-38(23,35(46)41-53(47,48)52-37(8)14-15-37)20-29(43)28-16-24(21-42(28)34(45)26(22(3)4)17-32(44)51-36(5,6)7)50-30-18-31(49-10-2)40-33-25(30)12-11-13-27(33)39;1-4-16-13-27(16,25(32)37-39(33,34)38-26(3)9-10-26)14-21(31)20-11-17(15-29-20)36-22-12-23(35-5-2)30-24-18(22)7-6-8-19(24)28;1-7(2)8(10(13)14)6-9(12)15-11(3,4)5/h11-13,18,22-24,26,28H,9-10,14-17,19-21H2,1-8H3,(H,41,46);6-8,12,16-17,20,29H,4-5,9-11,13-15H2,1-3H3;7-8H,6H2,1-5H3,(H,13,14)/t23-,24-,26+,28+,38-;16-,17-,20+,27-;8-/m110/s1. The number of nitrogens with one attached hydrogen (secondary N) is 2. The second-order valence-electron chi connectivity index (χ2n) is 32.0. The third-order valence-corrected chi connectivity index (χ3v) is 22.7. The lowest BCUT2D eigenvalue weighted by molar-refractivity contribution is -0.160. The number of ether oxygens (including phenoxy) is 6. The van der Waals surface area contributed by atoms with E-state index in [-0.39, 0.29) is 74.2 Å². The highest BCUT2D eigenvalue weighted by atomic mass is 35.5. The molecule has 4 saturated carbocycles. The molecule has 0 spiro atoms. The minimum absolute atomic E-state index is 0.0122. The van der Waals surface area contributed by atoms with Crippen LogP contribution >= 0.6 is 23.2 Å². The van der Waals surface area contributed by atoms with Crippen LogP contribution in [0.1, 0.15) is 201 Å². The lowest BCUT2D eigenvalue weighted by Gasteiger charge is -2.31. The summed E-state index contributed by atoms with van der Waals surface area (Å²) in [5.74, 6) is -5.21. The number of hydrogen-bond donors (Lipinski definition) is 3. The predicted octanol–water partition coefficient (Wildman–Crippen LogP) is 12.1. The van der Waals surface area contributed by atoms with Gasteiger partial charge in [-0.2, -0.15) is 16.8 Å². The van der Waals surface area contributed by atoms with Crippen LogP contribution < -0.4 is 29.0 Å². The fourth-order valence-corrected chi connectivity index (χ4v) is 16.3. The Morgan fingerprint density at radius 3 is 1.57 bits per heavy atom. The summed E-state index contributed by atoms with van der Waals surface area (Å²) < 4.78 is 102. The van der Waals surface area contributed by atoms with Crippen LogP contribution in [-0.4, -0.2) is 157 Å². The molecule has 592 valence electrons. The Balaban J connectivity index is 0.000000233. The molecule has 0 bridgehead atoms. The van der Waals surface area contributed by atoms with E-state index in [1.54, 1.807) is 106 Å². The quantitative estimate of drug-likeness (QED) is 0.0382. The minimum atomic E-state index is -4.50. The summed E-state index contributed by atoms with van der Waals surface area (Å²) in [6.45, 7) is 29.7. The number of carboxylic acids is 1. The van der Waals surface area contributed by atoms with Gasteiger partial charge in [-0.1, -0.05) is 89.7 Å². The zero-order chi connectivity index (χ0) is 79.3. The zero-order valence-electron chi connectivity index (χ0n) is 64.1. The van der Waals surface area contributed by atoms with Gasteiger partial charge in [0.25, 0.3) is 0 Å². The molecule has 31 heteroatoms. The number of para-hydroxylation sites is 2. The molecule has 10 atom stereocenters. The van der Waals surface area contributed by atoms with E-state index in [0.717, 1.165) is 5.39 Å². The smallest absolute Gasteiger partial charge is 0.452 e. The average Bonchev–Trinajstić information content (AvgIpc) is 1.57. The number of esters is 2. The molecule has 10 rings (SSSR count). The number of carbonyl (C=O) groups excluding carboxylic acids is 7. The number of benzene rings is 2. The lowest BCUT2D eigenvalue weighted by Crippen LogP contribution is -2.47. The Labute approximate surface area is 637 Å². The van der Waals surface area contributed by atoms with Crippen molar-refractivity contribution >= 4 is 113 Å². The number of pyridine rings is 2. The number of halogens is 2. The van der Waals surface area contributed by atoms with E-state index in [1.807, 2.05) is 53.7 Å². The summed E-state index contributed by atoms with van der Waals surface area (Å²) in [5.41, 5.74) is -4.38. The topological polar surface area (TPSA) is 361 Å².